The highest BCUT2D eigenvalue weighted by Gasteiger charge is 2.40. The highest BCUT2D eigenvalue weighted by atomic mass is 19.1. The van der Waals surface area contributed by atoms with Crippen LogP contribution in [0.25, 0.3) is 0 Å². The molecular weight excluding hydrogens is 227 g/mol. The van der Waals surface area contributed by atoms with E-state index in [9.17, 15) is 18.8 Å². The molecule has 4 amide bonds. The van der Waals surface area contributed by atoms with Crippen LogP contribution in [0.2, 0.25) is 0 Å². The minimum atomic E-state index is -2.31. The average Bonchev–Trinajstić information content (AvgIpc) is 2.33. The van der Waals surface area contributed by atoms with E-state index in [1.54, 1.807) is 35.6 Å². The number of halogens is 1. The second-order valence-corrected chi connectivity index (χ2v) is 3.57. The summed E-state index contributed by atoms with van der Waals surface area (Å²) in [6, 6.07) is 7.76. The second kappa shape index (κ2) is 4.32. The monoisotopic (exact) mass is 236 g/mol. The zero-order valence-corrected chi connectivity index (χ0v) is 8.72. The van der Waals surface area contributed by atoms with Gasteiger partial charge in [0.1, 0.15) is 0 Å². The van der Waals surface area contributed by atoms with E-state index in [4.69, 9.17) is 0 Å². The van der Waals surface area contributed by atoms with Crippen molar-refractivity contribution in [1.29, 1.82) is 0 Å². The maximum atomic E-state index is 13.1. The highest BCUT2D eigenvalue weighted by Crippen LogP contribution is 2.11. The summed E-state index contributed by atoms with van der Waals surface area (Å²) in [6.45, 7) is -0.0563. The molecule has 1 aliphatic heterocycles. The van der Waals surface area contributed by atoms with E-state index in [0.717, 1.165) is 0 Å². The quantitative estimate of drug-likeness (QED) is 0.765. The number of hydrogen-bond acceptors (Lipinski definition) is 3. The summed E-state index contributed by atoms with van der Waals surface area (Å²) in [5, 5.41) is 1.78. The number of alkyl halides is 1. The predicted octanol–water partition coefficient (Wildman–Crippen LogP) is 0.603. The van der Waals surface area contributed by atoms with Crippen molar-refractivity contribution in [2.75, 3.05) is 0 Å². The van der Waals surface area contributed by atoms with Crippen molar-refractivity contribution in [3.8, 4) is 0 Å². The van der Waals surface area contributed by atoms with E-state index in [1.807, 2.05) is 0 Å². The van der Waals surface area contributed by atoms with E-state index in [0.29, 0.717) is 10.5 Å². The molecule has 1 unspecified atom stereocenters. The SMILES string of the molecule is O=C1NC(=O)N(Cc2ccccc2)C(=O)C1F. The highest BCUT2D eigenvalue weighted by molar-refractivity contribution is 6.17. The lowest BCUT2D eigenvalue weighted by Crippen LogP contribution is -2.58. The van der Waals surface area contributed by atoms with Crippen LogP contribution in [0.5, 0.6) is 0 Å². The molecule has 88 valence electrons. The minimum absolute atomic E-state index is 0.0563. The molecule has 0 aliphatic carbocycles. The summed E-state index contributed by atoms with van der Waals surface area (Å²) in [5.41, 5.74) is 0.678. The second-order valence-electron chi connectivity index (χ2n) is 3.57. The van der Waals surface area contributed by atoms with Gasteiger partial charge in [-0.15, -0.1) is 0 Å². The molecule has 0 aromatic heterocycles. The van der Waals surface area contributed by atoms with Gasteiger partial charge in [-0.2, -0.15) is 0 Å². The van der Waals surface area contributed by atoms with Crippen LogP contribution in [0.15, 0.2) is 30.3 Å². The molecule has 1 aromatic carbocycles. The van der Waals surface area contributed by atoms with Crippen LogP contribution in [-0.4, -0.2) is 28.9 Å². The number of hydrogen-bond donors (Lipinski definition) is 1. The molecule has 1 aromatic rings. The third-order valence-corrected chi connectivity index (χ3v) is 2.37. The molecule has 1 aliphatic rings. The summed E-state index contributed by atoms with van der Waals surface area (Å²) in [6.07, 6.45) is -2.31. The number of nitrogens with one attached hydrogen (secondary N) is 1. The lowest BCUT2D eigenvalue weighted by Gasteiger charge is -2.26. The van der Waals surface area contributed by atoms with Crippen molar-refractivity contribution in [2.45, 2.75) is 12.7 Å². The normalized spacial score (nSPS) is 20.4. The molecule has 17 heavy (non-hydrogen) atoms. The van der Waals surface area contributed by atoms with E-state index in [2.05, 4.69) is 0 Å². The van der Waals surface area contributed by atoms with Crippen molar-refractivity contribution in [2.24, 2.45) is 0 Å². The number of barbiturate groups is 1. The van der Waals surface area contributed by atoms with Crippen molar-refractivity contribution >= 4 is 17.8 Å². The van der Waals surface area contributed by atoms with Crippen LogP contribution in [0.4, 0.5) is 9.18 Å². The van der Waals surface area contributed by atoms with E-state index < -0.39 is 24.0 Å². The first kappa shape index (κ1) is 11.3. The van der Waals surface area contributed by atoms with Gasteiger partial charge in [-0.1, -0.05) is 30.3 Å². The van der Waals surface area contributed by atoms with E-state index in [-0.39, 0.29) is 6.54 Å². The fourth-order valence-corrected chi connectivity index (χ4v) is 1.50. The molecule has 6 heteroatoms. The van der Waals surface area contributed by atoms with Crippen molar-refractivity contribution in [1.82, 2.24) is 10.2 Å². The Kier molecular flexibility index (Phi) is 2.86. The molecule has 0 spiro atoms. The van der Waals surface area contributed by atoms with Gasteiger partial charge in [0.05, 0.1) is 6.54 Å². The fourth-order valence-electron chi connectivity index (χ4n) is 1.50. The molecular formula is C11H9FN2O3. The lowest BCUT2D eigenvalue weighted by molar-refractivity contribution is -0.144. The molecule has 1 fully saturated rings. The number of carbonyl (C=O) groups excluding carboxylic acids is 3. The van der Waals surface area contributed by atoms with Crippen LogP contribution < -0.4 is 5.32 Å². The molecule has 5 nitrogen and oxygen atoms in total. The zero-order chi connectivity index (χ0) is 12.4. The van der Waals surface area contributed by atoms with Gasteiger partial charge in [0.15, 0.2) is 0 Å². The van der Waals surface area contributed by atoms with Gasteiger partial charge in [0.25, 0.3) is 18.0 Å². The maximum absolute atomic E-state index is 13.1. The van der Waals surface area contributed by atoms with E-state index >= 15 is 0 Å². The van der Waals surface area contributed by atoms with Crippen LogP contribution in [0.3, 0.4) is 0 Å². The minimum Gasteiger partial charge on any atom is -0.275 e. The number of urea groups is 1. The average molecular weight is 236 g/mol. The first-order valence-corrected chi connectivity index (χ1v) is 4.94. The first-order chi connectivity index (χ1) is 8.09. The lowest BCUT2D eigenvalue weighted by atomic mass is 10.2. The van der Waals surface area contributed by atoms with Gasteiger partial charge in [0.2, 0.25) is 0 Å². The Morgan fingerprint density at radius 2 is 1.82 bits per heavy atom. The Hall–Kier alpha value is -2.24. The largest absolute Gasteiger partial charge is 0.331 e. The number of amides is 4. The van der Waals surface area contributed by atoms with Crippen molar-refractivity contribution in [3.05, 3.63) is 35.9 Å². The van der Waals surface area contributed by atoms with Crippen LogP contribution in [0.1, 0.15) is 5.56 Å². The summed E-state index contributed by atoms with van der Waals surface area (Å²) >= 11 is 0. The van der Waals surface area contributed by atoms with Crippen molar-refractivity contribution in [3.63, 3.8) is 0 Å². The van der Waals surface area contributed by atoms with Gasteiger partial charge >= 0.3 is 6.03 Å². The van der Waals surface area contributed by atoms with Crippen LogP contribution in [0, 0.1) is 0 Å². The fraction of sp³-hybridized carbons (Fsp3) is 0.182. The van der Waals surface area contributed by atoms with Crippen LogP contribution in [-0.2, 0) is 16.1 Å². The Balaban J connectivity index is 2.18. The van der Waals surface area contributed by atoms with E-state index in [1.165, 1.54) is 0 Å². The Labute approximate surface area is 96.2 Å². The number of imide groups is 2. The summed E-state index contributed by atoms with van der Waals surface area (Å²) < 4.78 is 13.1. The van der Waals surface area contributed by atoms with Gasteiger partial charge < -0.3 is 0 Å². The zero-order valence-electron chi connectivity index (χ0n) is 8.72. The number of carbonyl (C=O) groups is 3. The topological polar surface area (TPSA) is 66.5 Å². The Morgan fingerprint density at radius 1 is 1.18 bits per heavy atom. The molecule has 0 saturated carbocycles. The molecule has 1 N–H and O–H groups in total. The maximum Gasteiger partial charge on any atom is 0.331 e. The number of rotatable bonds is 2. The van der Waals surface area contributed by atoms with Gasteiger partial charge in [-0.3, -0.25) is 19.8 Å². The molecule has 0 bridgehead atoms. The third-order valence-electron chi connectivity index (χ3n) is 2.37. The van der Waals surface area contributed by atoms with Gasteiger partial charge in [0, 0.05) is 0 Å². The van der Waals surface area contributed by atoms with Gasteiger partial charge in [-0.05, 0) is 5.56 Å². The number of benzene rings is 1. The summed E-state index contributed by atoms with van der Waals surface area (Å²) in [4.78, 5) is 34.3. The van der Waals surface area contributed by atoms with Crippen molar-refractivity contribution < 1.29 is 18.8 Å². The summed E-state index contributed by atoms with van der Waals surface area (Å²) in [5.74, 6) is -2.33. The third kappa shape index (κ3) is 2.15. The predicted molar refractivity (Wildman–Crippen MR) is 55.4 cm³/mol. The molecule has 1 saturated heterocycles. The Morgan fingerprint density at radius 3 is 2.47 bits per heavy atom. The van der Waals surface area contributed by atoms with Crippen LogP contribution >= 0.6 is 0 Å². The number of nitrogens with zero attached hydrogens (tertiary/aromatic N) is 1. The molecule has 2 rings (SSSR count). The van der Waals surface area contributed by atoms with Gasteiger partial charge in [-0.25, -0.2) is 9.18 Å². The first-order valence-electron chi connectivity index (χ1n) is 4.94. The molecule has 1 atom stereocenters. The molecule has 0 radical (unpaired) electrons. The molecule has 1 heterocycles. The Bertz CT molecular complexity index is 475. The smallest absolute Gasteiger partial charge is 0.275 e. The summed E-state index contributed by atoms with van der Waals surface area (Å²) in [7, 11) is 0. The standard InChI is InChI=1S/C11H9FN2O3/c12-8-9(15)13-11(17)14(10(8)16)6-7-4-2-1-3-5-7/h1-5,8H,6H2,(H,13,15,17).